The highest BCUT2D eigenvalue weighted by atomic mass is 127. The SMILES string of the molecule is COC(=O)c1cc2c(cc1C#C[Si](C)(C)C)OC(C)(C)C(=O)N2CCNC(=O)OCc1ccccc1.COC(=O)c1cc2c(cc1I)OC(C)(C)C(=O)N2CCNC(=O)OCc1ccccc1. The minimum Gasteiger partial charge on any atom is -0.476 e. The summed E-state index contributed by atoms with van der Waals surface area (Å²) in [5, 5.41) is 5.32. The Morgan fingerprint density at radius 3 is 1.51 bits per heavy atom. The molecule has 4 amide bonds. The van der Waals surface area contributed by atoms with E-state index in [0.29, 0.717) is 37.6 Å². The molecule has 4 aromatic carbocycles. The number of halogens is 1. The van der Waals surface area contributed by atoms with Crippen LogP contribution >= 0.6 is 22.6 Å². The smallest absolute Gasteiger partial charge is 0.407 e. The van der Waals surface area contributed by atoms with Crippen LogP contribution in [-0.2, 0) is 41.8 Å². The van der Waals surface area contributed by atoms with Crippen LogP contribution in [0.15, 0.2) is 84.9 Å². The van der Waals surface area contributed by atoms with Gasteiger partial charge in [-0.3, -0.25) is 9.59 Å². The summed E-state index contributed by atoms with van der Waals surface area (Å²) in [4.78, 5) is 78.0. The number of carbonyl (C=O) groups is 6. The minimum absolute atomic E-state index is 0.139. The van der Waals surface area contributed by atoms with E-state index in [1.165, 1.54) is 24.0 Å². The Bertz CT molecular complexity index is 2550. The lowest BCUT2D eigenvalue weighted by molar-refractivity contribution is -0.133. The van der Waals surface area contributed by atoms with Crippen molar-refractivity contribution >= 4 is 78.0 Å². The van der Waals surface area contributed by atoms with Gasteiger partial charge in [0.25, 0.3) is 11.8 Å². The second-order valence-corrected chi connectivity index (χ2v) is 23.2. The molecule has 0 saturated carbocycles. The van der Waals surface area contributed by atoms with Gasteiger partial charge in [-0.15, -0.1) is 5.54 Å². The molecular formula is C49H55IN4O12Si. The Balaban J connectivity index is 0.000000254. The second-order valence-electron chi connectivity index (χ2n) is 17.3. The fraction of sp³-hybridized carbons (Fsp3) is 0.347. The van der Waals surface area contributed by atoms with E-state index >= 15 is 0 Å². The van der Waals surface area contributed by atoms with Crippen LogP contribution in [0.1, 0.15) is 65.1 Å². The highest BCUT2D eigenvalue weighted by Gasteiger charge is 2.43. The summed E-state index contributed by atoms with van der Waals surface area (Å²) in [5.41, 5.74) is 4.70. The topological polar surface area (TPSA) is 188 Å². The molecule has 0 saturated heterocycles. The van der Waals surface area contributed by atoms with Gasteiger partial charge in [-0.05, 0) is 85.7 Å². The van der Waals surface area contributed by atoms with Gasteiger partial charge in [0.1, 0.15) is 32.8 Å². The van der Waals surface area contributed by atoms with Crippen molar-refractivity contribution < 1.29 is 57.2 Å². The van der Waals surface area contributed by atoms with Gasteiger partial charge < -0.3 is 48.9 Å². The van der Waals surface area contributed by atoms with Gasteiger partial charge >= 0.3 is 24.1 Å². The Labute approximate surface area is 405 Å². The molecule has 0 unspecified atom stereocenters. The number of benzene rings is 4. The highest BCUT2D eigenvalue weighted by molar-refractivity contribution is 14.1. The number of amides is 4. The molecule has 16 nitrogen and oxygen atoms in total. The maximum absolute atomic E-state index is 13.2. The van der Waals surface area contributed by atoms with E-state index in [4.69, 9.17) is 28.4 Å². The number of carbonyl (C=O) groups excluding carboxylic acids is 6. The summed E-state index contributed by atoms with van der Waals surface area (Å²) < 4.78 is 32.7. The van der Waals surface area contributed by atoms with E-state index in [1.54, 1.807) is 52.0 Å². The van der Waals surface area contributed by atoms with E-state index in [9.17, 15) is 28.8 Å². The highest BCUT2D eigenvalue weighted by Crippen LogP contribution is 2.41. The van der Waals surface area contributed by atoms with E-state index in [2.05, 4.69) is 41.7 Å². The molecule has 6 rings (SSSR count). The normalized spacial score (nSPS) is 14.2. The summed E-state index contributed by atoms with van der Waals surface area (Å²) in [5.74, 6) is 2.37. The number of ether oxygens (including phenoxy) is 6. The Kier molecular flexibility index (Phi) is 17.1. The van der Waals surface area contributed by atoms with Crippen LogP contribution < -0.4 is 29.9 Å². The largest absolute Gasteiger partial charge is 0.476 e. The zero-order valence-corrected chi connectivity index (χ0v) is 42.2. The van der Waals surface area contributed by atoms with E-state index < -0.39 is 43.4 Å². The standard InChI is InChI=1S/C27H32N2O6Si.C22H23IN2O6/c1-27(2)25(31)29(14-13-28-26(32)34-18-19-10-8-7-9-11-19)22-17-21(24(30)33-3)20(16-23(22)35-27)12-15-36(4,5)6;1-22(2)20(27)25(10-9-24-21(28)30-13-14-7-5-4-6-8-14)17-11-15(19(26)29-3)16(23)12-18(17)31-22/h7-11,16-17H,13-14,18H2,1-6H3,(H,28,32);4-8,11-12H,9-10,13H2,1-3H3,(H,24,28). The fourth-order valence-electron chi connectivity index (χ4n) is 6.64. The molecule has 2 heterocycles. The van der Waals surface area contributed by atoms with E-state index in [1.807, 2.05) is 83.3 Å². The molecule has 4 aromatic rings. The molecule has 0 spiro atoms. The van der Waals surface area contributed by atoms with Crippen molar-refractivity contribution in [2.75, 3.05) is 50.2 Å². The average molecular weight is 1050 g/mol. The molecule has 0 aromatic heterocycles. The first-order chi connectivity index (χ1) is 31.6. The van der Waals surface area contributed by atoms with Crippen LogP contribution in [0.4, 0.5) is 21.0 Å². The van der Waals surface area contributed by atoms with Crippen molar-refractivity contribution in [1.82, 2.24) is 10.6 Å². The molecule has 2 aliphatic rings. The predicted octanol–water partition coefficient (Wildman–Crippen LogP) is 7.64. The maximum atomic E-state index is 13.2. The van der Waals surface area contributed by atoms with Crippen LogP contribution in [-0.4, -0.2) is 95.6 Å². The third-order valence-electron chi connectivity index (χ3n) is 10.00. The van der Waals surface area contributed by atoms with Crippen LogP contribution in [0.3, 0.4) is 0 Å². The van der Waals surface area contributed by atoms with Gasteiger partial charge in [0.05, 0.1) is 36.7 Å². The van der Waals surface area contributed by atoms with Gasteiger partial charge in [0, 0.05) is 35.3 Å². The van der Waals surface area contributed by atoms with Crippen LogP contribution in [0.2, 0.25) is 19.6 Å². The minimum atomic E-state index is -1.72. The van der Waals surface area contributed by atoms with Crippen LogP contribution in [0, 0.1) is 15.0 Å². The summed E-state index contributed by atoms with van der Waals surface area (Å²) in [7, 11) is 0.870. The molecule has 0 fully saturated rings. The van der Waals surface area contributed by atoms with Gasteiger partial charge in [-0.25, -0.2) is 19.2 Å². The van der Waals surface area contributed by atoms with E-state index in [0.717, 1.165) is 11.1 Å². The van der Waals surface area contributed by atoms with Crippen LogP contribution in [0.25, 0.3) is 0 Å². The molecule has 354 valence electrons. The Morgan fingerprint density at radius 1 is 0.657 bits per heavy atom. The molecule has 67 heavy (non-hydrogen) atoms. The number of hydrogen-bond acceptors (Lipinski definition) is 12. The average Bonchev–Trinajstić information content (AvgIpc) is 3.29. The molecule has 18 heteroatoms. The van der Waals surface area contributed by atoms with Crippen LogP contribution in [0.5, 0.6) is 11.5 Å². The number of alkyl carbamates (subject to hydrolysis) is 2. The zero-order chi connectivity index (χ0) is 49.1. The predicted molar refractivity (Wildman–Crippen MR) is 262 cm³/mol. The lowest BCUT2D eigenvalue weighted by Crippen LogP contribution is -2.54. The number of fused-ring (bicyclic) bond motifs is 2. The van der Waals surface area contributed by atoms with Crippen molar-refractivity contribution in [3.63, 3.8) is 0 Å². The maximum Gasteiger partial charge on any atom is 0.407 e. The molecule has 0 atom stereocenters. The first-order valence-electron chi connectivity index (χ1n) is 21.3. The summed E-state index contributed by atoms with van der Waals surface area (Å²) in [6.45, 7) is 13.9. The molecule has 2 aliphatic heterocycles. The Hall–Kier alpha value is -6.59. The number of esters is 2. The quantitative estimate of drug-likeness (QED) is 0.0465. The lowest BCUT2D eigenvalue weighted by atomic mass is 10.00. The van der Waals surface area contributed by atoms with Gasteiger partial charge in [0.15, 0.2) is 11.2 Å². The number of rotatable bonds is 12. The zero-order valence-electron chi connectivity index (χ0n) is 39.0. The van der Waals surface area contributed by atoms with E-state index in [-0.39, 0.29) is 56.8 Å². The lowest BCUT2D eigenvalue weighted by Gasteiger charge is -2.39. The third kappa shape index (κ3) is 13.7. The molecule has 0 aliphatic carbocycles. The summed E-state index contributed by atoms with van der Waals surface area (Å²) in [6.07, 6.45) is -1.17. The second kappa shape index (κ2) is 22.3. The third-order valence-corrected chi connectivity index (χ3v) is 11.8. The van der Waals surface area contributed by atoms with Crippen molar-refractivity contribution in [3.05, 3.63) is 116 Å². The number of hydrogen-bond donors (Lipinski definition) is 2. The number of anilines is 2. The number of methoxy groups -OCH3 is 2. The first-order valence-corrected chi connectivity index (χ1v) is 25.8. The van der Waals surface area contributed by atoms with Gasteiger partial charge in [-0.1, -0.05) is 86.2 Å². The molecule has 0 bridgehead atoms. The summed E-state index contributed by atoms with van der Waals surface area (Å²) >= 11 is 2.02. The monoisotopic (exact) mass is 1050 g/mol. The number of nitrogens with zero attached hydrogens (tertiary/aromatic N) is 2. The van der Waals surface area contributed by atoms with Crippen molar-refractivity contribution in [3.8, 4) is 23.0 Å². The molecule has 2 N–H and O–H groups in total. The van der Waals surface area contributed by atoms with Crippen molar-refractivity contribution in [1.29, 1.82) is 0 Å². The van der Waals surface area contributed by atoms with Gasteiger partial charge in [-0.2, -0.15) is 0 Å². The van der Waals surface area contributed by atoms with Crippen molar-refractivity contribution in [2.24, 2.45) is 0 Å². The summed E-state index contributed by atoms with van der Waals surface area (Å²) in [6, 6.07) is 25.2. The molecule has 0 radical (unpaired) electrons. The fourth-order valence-corrected chi connectivity index (χ4v) is 7.81. The van der Waals surface area contributed by atoms with Gasteiger partial charge in [0.2, 0.25) is 0 Å². The first kappa shape index (κ1) is 51.4. The molecular weight excluding hydrogens is 992 g/mol. The number of nitrogens with one attached hydrogen (secondary N) is 2. The van der Waals surface area contributed by atoms with Crippen molar-refractivity contribution in [2.45, 2.75) is 71.8 Å². The Morgan fingerprint density at radius 2 is 1.07 bits per heavy atom.